The normalized spacial score (nSPS) is 19.1. The highest BCUT2D eigenvalue weighted by Crippen LogP contribution is 2.32. The van der Waals surface area contributed by atoms with Crippen molar-refractivity contribution >= 4 is 17.2 Å². The summed E-state index contributed by atoms with van der Waals surface area (Å²) in [6, 6.07) is 8.38. The van der Waals surface area contributed by atoms with E-state index in [4.69, 9.17) is 11.6 Å². The van der Waals surface area contributed by atoms with Crippen LogP contribution in [0.3, 0.4) is 0 Å². The number of rotatable bonds is 5. The van der Waals surface area contributed by atoms with E-state index in [-0.39, 0.29) is 0 Å². The Morgan fingerprint density at radius 3 is 2.62 bits per heavy atom. The maximum absolute atomic E-state index is 6.50. The average Bonchev–Trinajstić information content (AvgIpc) is 2.64. The third-order valence-corrected chi connectivity index (χ3v) is 5.33. The van der Waals surface area contributed by atoms with Gasteiger partial charge >= 0.3 is 0 Å². The first-order valence-corrected chi connectivity index (χ1v) is 9.70. The van der Waals surface area contributed by atoms with Crippen LogP contribution in [0.5, 0.6) is 0 Å². The van der Waals surface area contributed by atoms with Gasteiger partial charge in [0.25, 0.3) is 0 Å². The van der Waals surface area contributed by atoms with E-state index in [9.17, 15) is 0 Å². The lowest BCUT2D eigenvalue weighted by molar-refractivity contribution is 0.368. The molecule has 3 heteroatoms. The van der Waals surface area contributed by atoms with E-state index < -0.39 is 0 Å². The van der Waals surface area contributed by atoms with Crippen LogP contribution >= 0.6 is 11.6 Å². The lowest BCUT2D eigenvalue weighted by Crippen LogP contribution is -2.37. The second-order valence-electron chi connectivity index (χ2n) is 6.99. The van der Waals surface area contributed by atoms with Gasteiger partial charge in [-0.1, -0.05) is 68.3 Å². The van der Waals surface area contributed by atoms with Gasteiger partial charge in [0, 0.05) is 34.1 Å². The first-order valence-electron chi connectivity index (χ1n) is 9.33. The fraction of sp³-hybridized carbons (Fsp3) is 0.304. The SMILES string of the molecule is C=C/C(=C(/NC1CCCCC1)N1C=CC(C)=CC1=C)c1ccccc1Cl. The molecule has 1 aromatic carbocycles. The van der Waals surface area contributed by atoms with Crippen LogP contribution < -0.4 is 5.32 Å². The molecule has 0 spiro atoms. The lowest BCUT2D eigenvalue weighted by atomic mass is 9.95. The van der Waals surface area contributed by atoms with Crippen molar-refractivity contribution in [2.75, 3.05) is 0 Å². The van der Waals surface area contributed by atoms with E-state index in [0.717, 1.165) is 27.7 Å². The molecule has 0 unspecified atom stereocenters. The molecule has 1 heterocycles. The van der Waals surface area contributed by atoms with Crippen LogP contribution in [-0.4, -0.2) is 10.9 Å². The summed E-state index contributed by atoms with van der Waals surface area (Å²) in [5.74, 6) is 1.00. The molecule has 1 N–H and O–H groups in total. The zero-order valence-corrected chi connectivity index (χ0v) is 16.2. The highest BCUT2D eigenvalue weighted by atomic mass is 35.5. The van der Waals surface area contributed by atoms with E-state index >= 15 is 0 Å². The van der Waals surface area contributed by atoms with Crippen molar-refractivity contribution in [3.8, 4) is 0 Å². The molecule has 2 aliphatic rings. The molecule has 1 saturated carbocycles. The zero-order chi connectivity index (χ0) is 18.5. The summed E-state index contributed by atoms with van der Waals surface area (Å²) in [7, 11) is 0. The van der Waals surface area contributed by atoms with Gasteiger partial charge in [0.05, 0.1) is 0 Å². The minimum absolute atomic E-state index is 0.462. The van der Waals surface area contributed by atoms with Gasteiger partial charge in [-0.3, -0.25) is 0 Å². The van der Waals surface area contributed by atoms with Gasteiger partial charge in [0.15, 0.2) is 0 Å². The third kappa shape index (κ3) is 4.13. The van der Waals surface area contributed by atoms with Crippen molar-refractivity contribution in [2.45, 2.75) is 45.1 Å². The van der Waals surface area contributed by atoms with Crippen LogP contribution in [0.4, 0.5) is 0 Å². The highest BCUT2D eigenvalue weighted by Gasteiger charge is 2.22. The van der Waals surface area contributed by atoms with Gasteiger partial charge in [-0.25, -0.2) is 0 Å². The molecule has 1 aliphatic heterocycles. The standard InChI is InChI=1S/C23H27ClN2/c1-4-20(21-12-8-9-13-22(21)24)23(25-19-10-6-5-7-11-19)26-15-14-17(2)16-18(26)3/h4,8-9,12-16,19,25H,1,3,5-7,10-11H2,2H3/b23-20+. The number of halogens is 1. The van der Waals surface area contributed by atoms with Crippen molar-refractivity contribution in [2.24, 2.45) is 0 Å². The molecule has 1 aliphatic carbocycles. The molecule has 1 aromatic rings. The lowest BCUT2D eigenvalue weighted by Gasteiger charge is -2.34. The van der Waals surface area contributed by atoms with Crippen LogP contribution in [0.2, 0.25) is 5.02 Å². The Balaban J connectivity index is 2.06. The predicted molar refractivity (Wildman–Crippen MR) is 112 cm³/mol. The largest absolute Gasteiger partial charge is 0.368 e. The van der Waals surface area contributed by atoms with Crippen LogP contribution in [-0.2, 0) is 0 Å². The van der Waals surface area contributed by atoms with Crippen LogP contribution in [0, 0.1) is 0 Å². The summed E-state index contributed by atoms with van der Waals surface area (Å²) in [6.07, 6.45) is 14.4. The van der Waals surface area contributed by atoms with E-state index in [1.165, 1.54) is 37.7 Å². The van der Waals surface area contributed by atoms with Gasteiger partial charge in [0.2, 0.25) is 0 Å². The molecule has 26 heavy (non-hydrogen) atoms. The molecular formula is C23H27ClN2. The van der Waals surface area contributed by atoms with Crippen molar-refractivity contribution in [3.63, 3.8) is 0 Å². The molecule has 0 radical (unpaired) electrons. The van der Waals surface area contributed by atoms with Crippen LogP contribution in [0.25, 0.3) is 5.57 Å². The molecule has 0 amide bonds. The van der Waals surface area contributed by atoms with Gasteiger partial charge in [0.1, 0.15) is 5.82 Å². The molecule has 0 aromatic heterocycles. The summed E-state index contributed by atoms with van der Waals surface area (Å²) in [4.78, 5) is 2.11. The van der Waals surface area contributed by atoms with E-state index in [0.29, 0.717) is 6.04 Å². The maximum Gasteiger partial charge on any atom is 0.118 e. The Bertz CT molecular complexity index is 779. The number of allylic oxidation sites excluding steroid dienone is 5. The molecule has 2 nitrogen and oxygen atoms in total. The number of benzene rings is 1. The van der Waals surface area contributed by atoms with Gasteiger partial charge in [-0.2, -0.15) is 0 Å². The Labute approximate surface area is 162 Å². The third-order valence-electron chi connectivity index (χ3n) is 5.00. The van der Waals surface area contributed by atoms with E-state index in [2.05, 4.69) is 48.7 Å². The summed E-state index contributed by atoms with van der Waals surface area (Å²) < 4.78 is 0. The summed E-state index contributed by atoms with van der Waals surface area (Å²) in [6.45, 7) is 10.4. The Morgan fingerprint density at radius 2 is 1.96 bits per heavy atom. The molecular weight excluding hydrogens is 340 g/mol. The molecule has 3 rings (SSSR count). The zero-order valence-electron chi connectivity index (χ0n) is 15.5. The number of nitrogens with one attached hydrogen (secondary N) is 1. The average molecular weight is 367 g/mol. The number of nitrogens with zero attached hydrogens (tertiary/aromatic N) is 1. The highest BCUT2D eigenvalue weighted by molar-refractivity contribution is 6.32. The Kier molecular flexibility index (Phi) is 6.05. The van der Waals surface area contributed by atoms with Crippen LogP contribution in [0.1, 0.15) is 44.6 Å². The second kappa shape index (κ2) is 8.46. The predicted octanol–water partition coefficient (Wildman–Crippen LogP) is 6.41. The molecule has 136 valence electrons. The van der Waals surface area contributed by atoms with Gasteiger partial charge < -0.3 is 10.2 Å². The molecule has 0 atom stereocenters. The van der Waals surface area contributed by atoms with Crippen molar-refractivity contribution in [1.29, 1.82) is 0 Å². The minimum atomic E-state index is 0.462. The summed E-state index contributed by atoms with van der Waals surface area (Å²) in [5.41, 5.74) is 4.12. The summed E-state index contributed by atoms with van der Waals surface area (Å²) >= 11 is 6.50. The van der Waals surface area contributed by atoms with Crippen molar-refractivity contribution in [3.05, 3.63) is 89.5 Å². The monoisotopic (exact) mass is 366 g/mol. The molecule has 0 saturated heterocycles. The van der Waals surface area contributed by atoms with Gasteiger partial charge in [-0.05, 0) is 43.6 Å². The van der Waals surface area contributed by atoms with E-state index in [1.807, 2.05) is 30.3 Å². The second-order valence-corrected chi connectivity index (χ2v) is 7.40. The quantitative estimate of drug-likeness (QED) is 0.606. The van der Waals surface area contributed by atoms with E-state index in [1.54, 1.807) is 0 Å². The Morgan fingerprint density at radius 1 is 1.23 bits per heavy atom. The smallest absolute Gasteiger partial charge is 0.118 e. The number of hydrogen-bond donors (Lipinski definition) is 1. The fourth-order valence-corrected chi connectivity index (χ4v) is 3.86. The maximum atomic E-state index is 6.50. The number of hydrogen-bond acceptors (Lipinski definition) is 2. The molecule has 0 bridgehead atoms. The fourth-order valence-electron chi connectivity index (χ4n) is 3.62. The van der Waals surface area contributed by atoms with Crippen LogP contribution in [0.15, 0.2) is 78.9 Å². The topological polar surface area (TPSA) is 15.3 Å². The molecule has 1 fully saturated rings. The van der Waals surface area contributed by atoms with Crippen molar-refractivity contribution < 1.29 is 0 Å². The first kappa shape index (κ1) is 18.6. The first-order chi connectivity index (χ1) is 12.6. The Hall–Kier alpha value is -2.19. The summed E-state index contributed by atoms with van der Waals surface area (Å²) in [5, 5.41) is 4.51. The van der Waals surface area contributed by atoms with Crippen molar-refractivity contribution in [1.82, 2.24) is 10.2 Å². The minimum Gasteiger partial charge on any atom is -0.368 e. The van der Waals surface area contributed by atoms with Gasteiger partial charge in [-0.15, -0.1) is 0 Å².